The first-order valence-corrected chi connectivity index (χ1v) is 9.39. The molecule has 2 N–H and O–H groups in total. The predicted molar refractivity (Wildman–Crippen MR) is 120 cm³/mol. The molecule has 0 saturated carbocycles. The van der Waals surface area contributed by atoms with Crippen LogP contribution in [0, 0.1) is 0 Å². The predicted octanol–water partition coefficient (Wildman–Crippen LogP) is 4.65. The molecular weight excluding hydrogens is 376 g/mol. The van der Waals surface area contributed by atoms with Crippen molar-refractivity contribution in [1.82, 2.24) is 10.4 Å². The Labute approximate surface area is 174 Å². The summed E-state index contributed by atoms with van der Waals surface area (Å²) in [5, 5.41) is 15.0. The maximum Gasteiger partial charge on any atom is 0.173 e. The second-order valence-electron chi connectivity index (χ2n) is 6.49. The van der Waals surface area contributed by atoms with Crippen molar-refractivity contribution in [3.63, 3.8) is 0 Å². The highest BCUT2D eigenvalue weighted by Gasteiger charge is 2.09. The summed E-state index contributed by atoms with van der Waals surface area (Å²) < 4.78 is 5.42. The van der Waals surface area contributed by atoms with Gasteiger partial charge in [-0.1, -0.05) is 48.5 Å². The number of hydrogen-bond donors (Lipinski definition) is 2. The number of aromatic hydroxyl groups is 1. The number of rotatable bonds is 5. The standard InChI is InChI=1S/C24H20N4O2/c1-30-23-12-5-4-11-21(23)27-24(28-25-16-17-7-6-9-19(29)15-17)22-14-13-18-8-2-3-10-20(18)26-22/h2-16,29H,1H3,(H,27,28)/b25-16+. The van der Waals surface area contributed by atoms with Gasteiger partial charge in [-0.3, -0.25) is 5.43 Å². The molecule has 0 amide bonds. The van der Waals surface area contributed by atoms with Crippen LogP contribution in [-0.2, 0) is 0 Å². The van der Waals surface area contributed by atoms with Gasteiger partial charge < -0.3 is 9.84 Å². The molecule has 0 unspecified atom stereocenters. The molecule has 6 heteroatoms. The van der Waals surface area contributed by atoms with Crippen LogP contribution in [0.25, 0.3) is 10.9 Å². The molecule has 0 fully saturated rings. The smallest absolute Gasteiger partial charge is 0.173 e. The van der Waals surface area contributed by atoms with E-state index in [-0.39, 0.29) is 5.75 Å². The Kier molecular flexibility index (Phi) is 5.66. The van der Waals surface area contributed by atoms with Crippen molar-refractivity contribution in [2.75, 3.05) is 7.11 Å². The molecule has 1 aromatic heterocycles. The fourth-order valence-electron chi connectivity index (χ4n) is 2.95. The Hall–Kier alpha value is -4.19. The molecule has 0 bridgehead atoms. The zero-order valence-electron chi connectivity index (χ0n) is 16.4. The van der Waals surface area contributed by atoms with Crippen molar-refractivity contribution in [3.05, 3.63) is 96.2 Å². The minimum atomic E-state index is 0.179. The van der Waals surface area contributed by atoms with E-state index in [1.165, 1.54) is 0 Å². The number of aromatic nitrogens is 1. The SMILES string of the molecule is COc1ccccc1N=C(N/N=C/c1cccc(O)c1)c1ccc2ccccc2n1. The van der Waals surface area contributed by atoms with E-state index in [9.17, 15) is 5.11 Å². The summed E-state index contributed by atoms with van der Waals surface area (Å²) >= 11 is 0. The molecule has 4 rings (SSSR count). The van der Waals surface area contributed by atoms with Crippen molar-refractivity contribution in [1.29, 1.82) is 0 Å². The lowest BCUT2D eigenvalue weighted by molar-refractivity contribution is 0.416. The zero-order valence-corrected chi connectivity index (χ0v) is 16.4. The lowest BCUT2D eigenvalue weighted by atomic mass is 10.2. The van der Waals surface area contributed by atoms with E-state index >= 15 is 0 Å². The van der Waals surface area contributed by atoms with Crippen LogP contribution in [0.2, 0.25) is 0 Å². The number of amidine groups is 1. The zero-order chi connectivity index (χ0) is 20.8. The van der Waals surface area contributed by atoms with Gasteiger partial charge in [0.2, 0.25) is 0 Å². The van der Waals surface area contributed by atoms with Gasteiger partial charge in [0, 0.05) is 5.39 Å². The van der Waals surface area contributed by atoms with Crippen molar-refractivity contribution >= 4 is 28.6 Å². The Morgan fingerprint density at radius 3 is 2.67 bits per heavy atom. The quantitative estimate of drug-likeness (QED) is 0.292. The number of hydrogen-bond acceptors (Lipinski definition) is 5. The van der Waals surface area contributed by atoms with E-state index in [2.05, 4.69) is 10.5 Å². The number of fused-ring (bicyclic) bond motifs is 1. The number of pyridine rings is 1. The highest BCUT2D eigenvalue weighted by molar-refractivity contribution is 6.01. The Morgan fingerprint density at radius 1 is 0.967 bits per heavy atom. The lowest BCUT2D eigenvalue weighted by Crippen LogP contribution is -2.20. The van der Waals surface area contributed by atoms with E-state index in [4.69, 9.17) is 14.7 Å². The van der Waals surface area contributed by atoms with E-state index in [1.807, 2.05) is 66.7 Å². The number of para-hydroxylation sites is 3. The maximum atomic E-state index is 9.62. The van der Waals surface area contributed by atoms with Gasteiger partial charge in [0.25, 0.3) is 0 Å². The highest BCUT2D eigenvalue weighted by atomic mass is 16.5. The molecular formula is C24H20N4O2. The van der Waals surface area contributed by atoms with E-state index < -0.39 is 0 Å². The molecule has 0 spiro atoms. The van der Waals surface area contributed by atoms with E-state index in [0.29, 0.717) is 23.0 Å². The second-order valence-corrected chi connectivity index (χ2v) is 6.49. The van der Waals surface area contributed by atoms with Crippen molar-refractivity contribution < 1.29 is 9.84 Å². The molecule has 3 aromatic carbocycles. The molecule has 6 nitrogen and oxygen atoms in total. The van der Waals surface area contributed by atoms with Crippen molar-refractivity contribution in [3.8, 4) is 11.5 Å². The van der Waals surface area contributed by atoms with Gasteiger partial charge in [0.15, 0.2) is 5.84 Å². The topological polar surface area (TPSA) is 79.1 Å². The lowest BCUT2D eigenvalue weighted by Gasteiger charge is -2.09. The van der Waals surface area contributed by atoms with Crippen molar-refractivity contribution in [2.24, 2.45) is 10.1 Å². The van der Waals surface area contributed by atoms with Gasteiger partial charge in [0.05, 0.1) is 18.8 Å². The molecule has 4 aromatic rings. The van der Waals surface area contributed by atoms with Gasteiger partial charge in [-0.05, 0) is 42.0 Å². The fourth-order valence-corrected chi connectivity index (χ4v) is 2.95. The van der Waals surface area contributed by atoms with Gasteiger partial charge in [-0.25, -0.2) is 9.98 Å². The first-order valence-electron chi connectivity index (χ1n) is 9.39. The monoisotopic (exact) mass is 396 g/mol. The number of nitrogens with zero attached hydrogens (tertiary/aromatic N) is 3. The summed E-state index contributed by atoms with van der Waals surface area (Å²) in [4.78, 5) is 9.43. The number of phenolic OH excluding ortho intramolecular Hbond substituents is 1. The van der Waals surface area contributed by atoms with Gasteiger partial charge in [0.1, 0.15) is 22.9 Å². The largest absolute Gasteiger partial charge is 0.508 e. The average Bonchev–Trinajstić information content (AvgIpc) is 2.78. The molecule has 30 heavy (non-hydrogen) atoms. The van der Waals surface area contributed by atoms with Crippen LogP contribution in [0.5, 0.6) is 11.5 Å². The van der Waals surface area contributed by atoms with Crippen LogP contribution < -0.4 is 10.2 Å². The summed E-state index contributed by atoms with van der Waals surface area (Å²) in [5.74, 6) is 1.30. The Balaban J connectivity index is 1.72. The summed E-state index contributed by atoms with van der Waals surface area (Å²) in [7, 11) is 1.61. The number of benzene rings is 3. The maximum absolute atomic E-state index is 9.62. The van der Waals surface area contributed by atoms with Crippen LogP contribution in [-0.4, -0.2) is 29.3 Å². The van der Waals surface area contributed by atoms with Crippen molar-refractivity contribution in [2.45, 2.75) is 0 Å². The summed E-state index contributed by atoms with van der Waals surface area (Å²) in [5.41, 5.74) is 5.91. The number of methoxy groups -OCH3 is 1. The first kappa shape index (κ1) is 19.1. The molecule has 0 aliphatic carbocycles. The minimum Gasteiger partial charge on any atom is -0.508 e. The fraction of sp³-hybridized carbons (Fsp3) is 0.0417. The van der Waals surface area contributed by atoms with Crippen LogP contribution in [0.15, 0.2) is 95.0 Å². The average molecular weight is 396 g/mol. The van der Waals surface area contributed by atoms with Crippen LogP contribution >= 0.6 is 0 Å². The molecule has 1 heterocycles. The molecule has 0 atom stereocenters. The number of phenols is 1. The number of nitrogens with one attached hydrogen (secondary N) is 1. The second kappa shape index (κ2) is 8.87. The summed E-state index contributed by atoms with van der Waals surface area (Å²) in [6.07, 6.45) is 1.61. The minimum absolute atomic E-state index is 0.179. The molecule has 0 aliphatic rings. The van der Waals surface area contributed by atoms with Crippen LogP contribution in [0.1, 0.15) is 11.3 Å². The van der Waals surface area contributed by atoms with Gasteiger partial charge in [-0.2, -0.15) is 5.10 Å². The Morgan fingerprint density at radius 2 is 1.80 bits per heavy atom. The molecule has 0 saturated heterocycles. The molecule has 0 radical (unpaired) electrons. The van der Waals surface area contributed by atoms with E-state index in [0.717, 1.165) is 16.5 Å². The van der Waals surface area contributed by atoms with Crippen LogP contribution in [0.4, 0.5) is 5.69 Å². The Bertz CT molecular complexity index is 1230. The number of hydrazone groups is 1. The molecule has 148 valence electrons. The third-order valence-electron chi connectivity index (χ3n) is 4.41. The van der Waals surface area contributed by atoms with Gasteiger partial charge in [-0.15, -0.1) is 0 Å². The highest BCUT2D eigenvalue weighted by Crippen LogP contribution is 2.27. The molecule has 0 aliphatic heterocycles. The summed E-state index contributed by atoms with van der Waals surface area (Å²) in [6.45, 7) is 0. The number of ether oxygens (including phenoxy) is 1. The number of aliphatic imine (C=N–C) groups is 1. The third-order valence-corrected chi connectivity index (χ3v) is 4.41. The first-order chi connectivity index (χ1) is 14.7. The van der Waals surface area contributed by atoms with Gasteiger partial charge >= 0.3 is 0 Å². The normalized spacial score (nSPS) is 11.7. The van der Waals surface area contributed by atoms with E-state index in [1.54, 1.807) is 31.5 Å². The van der Waals surface area contributed by atoms with Crippen LogP contribution in [0.3, 0.4) is 0 Å². The summed E-state index contributed by atoms with van der Waals surface area (Å²) in [6, 6.07) is 26.1. The third kappa shape index (κ3) is 4.44.